The van der Waals surface area contributed by atoms with Gasteiger partial charge in [0, 0.05) is 5.33 Å². The molecule has 0 atom stereocenters. The second kappa shape index (κ2) is 7.06. The van der Waals surface area contributed by atoms with Crippen molar-refractivity contribution >= 4 is 33.5 Å². The Morgan fingerprint density at radius 2 is 1.75 bits per heavy atom. The van der Waals surface area contributed by atoms with E-state index in [4.69, 9.17) is 4.74 Å². The van der Waals surface area contributed by atoms with Crippen molar-refractivity contribution in [3.05, 3.63) is 71.3 Å². The van der Waals surface area contributed by atoms with Crippen molar-refractivity contribution in [2.45, 2.75) is 5.33 Å². The maximum Gasteiger partial charge on any atom is 0.338 e. The minimum absolute atomic E-state index is 0.333. The van der Waals surface area contributed by atoms with E-state index >= 15 is 0 Å². The molecule has 0 fully saturated rings. The van der Waals surface area contributed by atoms with Crippen molar-refractivity contribution < 1.29 is 9.53 Å². The average molecular weight is 331 g/mol. The molecule has 0 unspecified atom stereocenters. The Morgan fingerprint density at radius 1 is 1.10 bits per heavy atom. The third-order valence-electron chi connectivity index (χ3n) is 2.94. The molecule has 2 nitrogen and oxygen atoms in total. The Balaban J connectivity index is 2.40. The zero-order valence-electron chi connectivity index (χ0n) is 11.2. The van der Waals surface area contributed by atoms with Crippen LogP contribution in [0, 0.1) is 0 Å². The molecule has 0 bridgehead atoms. The van der Waals surface area contributed by atoms with Crippen LogP contribution in [0.3, 0.4) is 0 Å². The number of carbonyl (C=O) groups excluding carboxylic acids is 1. The first kappa shape index (κ1) is 14.5. The lowest BCUT2D eigenvalue weighted by atomic mass is 10.0. The van der Waals surface area contributed by atoms with Gasteiger partial charge in [0.1, 0.15) is 0 Å². The molecule has 20 heavy (non-hydrogen) atoms. The summed E-state index contributed by atoms with van der Waals surface area (Å²) in [4.78, 5) is 11.9. The third kappa shape index (κ3) is 3.58. The summed E-state index contributed by atoms with van der Waals surface area (Å²) in [7, 11) is 1.40. The number of esters is 1. The van der Waals surface area contributed by atoms with E-state index in [1.165, 1.54) is 12.7 Å². The highest BCUT2D eigenvalue weighted by atomic mass is 79.9. The SMILES string of the molecule is COC(=O)C(=Cc1ccc(CBr)cc1)c1ccccc1. The van der Waals surface area contributed by atoms with Gasteiger partial charge in [-0.3, -0.25) is 0 Å². The van der Waals surface area contributed by atoms with Crippen LogP contribution in [0.2, 0.25) is 0 Å². The van der Waals surface area contributed by atoms with Crippen LogP contribution in [0.5, 0.6) is 0 Å². The Bertz CT molecular complexity index is 601. The van der Waals surface area contributed by atoms with Crippen LogP contribution >= 0.6 is 15.9 Å². The second-order valence-electron chi connectivity index (χ2n) is 4.29. The van der Waals surface area contributed by atoms with Crippen molar-refractivity contribution in [3.63, 3.8) is 0 Å². The minimum atomic E-state index is -0.333. The second-order valence-corrected chi connectivity index (χ2v) is 4.85. The zero-order chi connectivity index (χ0) is 14.4. The van der Waals surface area contributed by atoms with E-state index < -0.39 is 0 Å². The molecule has 0 saturated carbocycles. The quantitative estimate of drug-likeness (QED) is 0.361. The molecule has 0 aromatic heterocycles. The molecule has 102 valence electrons. The first-order chi connectivity index (χ1) is 9.74. The summed E-state index contributed by atoms with van der Waals surface area (Å²) in [5, 5.41) is 0.819. The van der Waals surface area contributed by atoms with Crippen molar-refractivity contribution in [2.24, 2.45) is 0 Å². The molecular formula is C17H15BrO2. The molecule has 0 radical (unpaired) electrons. The topological polar surface area (TPSA) is 26.3 Å². The Hall–Kier alpha value is -1.87. The number of halogens is 1. The van der Waals surface area contributed by atoms with Crippen LogP contribution in [0.1, 0.15) is 16.7 Å². The summed E-state index contributed by atoms with van der Waals surface area (Å²) in [5.74, 6) is -0.333. The van der Waals surface area contributed by atoms with E-state index in [0.717, 1.165) is 16.5 Å². The van der Waals surface area contributed by atoms with Gasteiger partial charge < -0.3 is 4.74 Å². The predicted molar refractivity (Wildman–Crippen MR) is 85.4 cm³/mol. The number of methoxy groups -OCH3 is 1. The maximum absolute atomic E-state index is 11.9. The molecule has 0 spiro atoms. The number of ether oxygens (including phenoxy) is 1. The largest absolute Gasteiger partial charge is 0.465 e. The van der Waals surface area contributed by atoms with Gasteiger partial charge in [0.2, 0.25) is 0 Å². The summed E-state index contributed by atoms with van der Waals surface area (Å²) < 4.78 is 4.87. The maximum atomic E-state index is 11.9. The fourth-order valence-corrected chi connectivity index (χ4v) is 2.23. The van der Waals surface area contributed by atoms with Gasteiger partial charge in [-0.25, -0.2) is 4.79 Å². The number of hydrogen-bond acceptors (Lipinski definition) is 2. The fraction of sp³-hybridized carbons (Fsp3) is 0.118. The van der Waals surface area contributed by atoms with Gasteiger partial charge in [-0.05, 0) is 22.8 Å². The molecule has 2 aromatic carbocycles. The van der Waals surface area contributed by atoms with E-state index in [0.29, 0.717) is 5.57 Å². The van der Waals surface area contributed by atoms with Crippen LogP contribution in [0.25, 0.3) is 11.6 Å². The van der Waals surface area contributed by atoms with Crippen LogP contribution in [-0.2, 0) is 14.9 Å². The van der Waals surface area contributed by atoms with Crippen molar-refractivity contribution in [1.29, 1.82) is 0 Å². The smallest absolute Gasteiger partial charge is 0.338 e. The summed E-state index contributed by atoms with van der Waals surface area (Å²) in [5.41, 5.74) is 3.57. The van der Waals surface area contributed by atoms with Gasteiger partial charge in [-0.15, -0.1) is 0 Å². The fourth-order valence-electron chi connectivity index (χ4n) is 1.86. The Labute approximate surface area is 127 Å². The molecule has 3 heteroatoms. The standard InChI is InChI=1S/C17H15BrO2/c1-20-17(19)16(15-5-3-2-4-6-15)11-13-7-9-14(12-18)10-8-13/h2-11H,12H2,1H3. The normalized spacial score (nSPS) is 11.2. The molecule has 0 aliphatic heterocycles. The van der Waals surface area contributed by atoms with Crippen molar-refractivity contribution in [1.82, 2.24) is 0 Å². The highest BCUT2D eigenvalue weighted by Gasteiger charge is 2.11. The van der Waals surface area contributed by atoms with E-state index in [1.807, 2.05) is 60.7 Å². The molecule has 0 amide bonds. The molecule has 0 aliphatic rings. The molecular weight excluding hydrogens is 316 g/mol. The number of carbonyl (C=O) groups is 1. The van der Waals surface area contributed by atoms with Crippen molar-refractivity contribution in [2.75, 3.05) is 7.11 Å². The summed E-state index contributed by atoms with van der Waals surface area (Å²) in [6, 6.07) is 17.6. The predicted octanol–water partition coefficient (Wildman–Crippen LogP) is 4.30. The van der Waals surface area contributed by atoms with E-state index in [2.05, 4.69) is 15.9 Å². The lowest BCUT2D eigenvalue weighted by molar-refractivity contribution is -0.133. The molecule has 2 aromatic rings. The Kier molecular flexibility index (Phi) is 5.13. The van der Waals surface area contributed by atoms with Gasteiger partial charge in [-0.1, -0.05) is 70.5 Å². The Morgan fingerprint density at radius 3 is 2.30 bits per heavy atom. The number of rotatable bonds is 4. The lowest BCUT2D eigenvalue weighted by Gasteiger charge is -2.06. The molecule has 0 aliphatic carbocycles. The first-order valence-electron chi connectivity index (χ1n) is 6.25. The number of hydrogen-bond donors (Lipinski definition) is 0. The average Bonchev–Trinajstić information content (AvgIpc) is 2.53. The molecule has 0 saturated heterocycles. The van der Waals surface area contributed by atoms with E-state index in [1.54, 1.807) is 0 Å². The minimum Gasteiger partial charge on any atom is -0.465 e. The summed E-state index contributed by atoms with van der Waals surface area (Å²) >= 11 is 3.41. The highest BCUT2D eigenvalue weighted by Crippen LogP contribution is 2.20. The van der Waals surface area contributed by atoms with Crippen LogP contribution in [-0.4, -0.2) is 13.1 Å². The third-order valence-corrected chi connectivity index (χ3v) is 3.58. The number of alkyl halides is 1. The lowest BCUT2D eigenvalue weighted by Crippen LogP contribution is -2.03. The molecule has 0 heterocycles. The summed E-state index contributed by atoms with van der Waals surface area (Å²) in [6.45, 7) is 0. The van der Waals surface area contributed by atoms with E-state index in [9.17, 15) is 4.79 Å². The molecule has 2 rings (SSSR count). The van der Waals surface area contributed by atoms with Gasteiger partial charge >= 0.3 is 5.97 Å². The first-order valence-corrected chi connectivity index (χ1v) is 7.37. The molecule has 0 N–H and O–H groups in total. The zero-order valence-corrected chi connectivity index (χ0v) is 12.8. The summed E-state index contributed by atoms with van der Waals surface area (Å²) in [6.07, 6.45) is 1.85. The van der Waals surface area contributed by atoms with Gasteiger partial charge in [0.25, 0.3) is 0 Å². The van der Waals surface area contributed by atoms with Crippen LogP contribution in [0.15, 0.2) is 54.6 Å². The van der Waals surface area contributed by atoms with E-state index in [-0.39, 0.29) is 5.97 Å². The van der Waals surface area contributed by atoms with Gasteiger partial charge in [-0.2, -0.15) is 0 Å². The number of benzene rings is 2. The highest BCUT2D eigenvalue weighted by molar-refractivity contribution is 9.08. The van der Waals surface area contributed by atoms with Gasteiger partial charge in [0.15, 0.2) is 0 Å². The van der Waals surface area contributed by atoms with Crippen LogP contribution in [0.4, 0.5) is 0 Å². The monoisotopic (exact) mass is 330 g/mol. The van der Waals surface area contributed by atoms with Crippen molar-refractivity contribution in [3.8, 4) is 0 Å². The van der Waals surface area contributed by atoms with Crippen LogP contribution < -0.4 is 0 Å². The van der Waals surface area contributed by atoms with Gasteiger partial charge in [0.05, 0.1) is 12.7 Å².